The molecule has 0 atom stereocenters. The summed E-state index contributed by atoms with van der Waals surface area (Å²) in [4.78, 5) is 0. The van der Waals surface area contributed by atoms with Crippen LogP contribution in [0.3, 0.4) is 0 Å². The topological polar surface area (TPSA) is 21.3 Å². The number of unbranched alkanes of at least 4 members (excludes halogenated alkanes) is 2. The van der Waals surface area contributed by atoms with E-state index < -0.39 is 0 Å². The fourth-order valence-electron chi connectivity index (χ4n) is 1.45. The number of ether oxygens (including phenoxy) is 1. The van der Waals surface area contributed by atoms with Gasteiger partial charge in [0.15, 0.2) is 0 Å². The van der Waals surface area contributed by atoms with Crippen LogP contribution in [0.2, 0.25) is 5.02 Å². The van der Waals surface area contributed by atoms with Crippen molar-refractivity contribution in [2.75, 3.05) is 19.7 Å². The number of para-hydroxylation sites is 1. The Hall–Kier alpha value is -0.730. The summed E-state index contributed by atoms with van der Waals surface area (Å²) in [5, 5.41) is 3.99. The summed E-state index contributed by atoms with van der Waals surface area (Å²) >= 11 is 5.97. The first-order valence-electron chi connectivity index (χ1n) is 5.92. The summed E-state index contributed by atoms with van der Waals surface area (Å²) in [6, 6.07) is 7.60. The zero-order valence-corrected chi connectivity index (χ0v) is 10.6. The van der Waals surface area contributed by atoms with Crippen molar-refractivity contribution >= 4 is 11.6 Å². The van der Waals surface area contributed by atoms with Crippen LogP contribution in [0.15, 0.2) is 24.3 Å². The minimum atomic E-state index is 0.690. The molecule has 90 valence electrons. The van der Waals surface area contributed by atoms with Gasteiger partial charge in [0.05, 0.1) is 11.6 Å². The van der Waals surface area contributed by atoms with Crippen LogP contribution in [0.5, 0.6) is 5.75 Å². The first-order chi connectivity index (χ1) is 7.84. The lowest BCUT2D eigenvalue weighted by atomic mass is 10.2. The molecule has 0 aliphatic heterocycles. The van der Waals surface area contributed by atoms with Crippen molar-refractivity contribution in [2.24, 2.45) is 0 Å². The Morgan fingerprint density at radius 3 is 2.75 bits per heavy atom. The van der Waals surface area contributed by atoms with E-state index in [1.165, 1.54) is 12.8 Å². The second kappa shape index (κ2) is 8.43. The molecule has 0 radical (unpaired) electrons. The van der Waals surface area contributed by atoms with Crippen LogP contribution >= 0.6 is 11.6 Å². The molecule has 0 bridgehead atoms. The molecular weight excluding hydrogens is 222 g/mol. The summed E-state index contributed by atoms with van der Waals surface area (Å²) in [5.41, 5.74) is 0. The van der Waals surface area contributed by atoms with E-state index in [9.17, 15) is 0 Å². The average molecular weight is 242 g/mol. The third kappa shape index (κ3) is 5.38. The predicted molar refractivity (Wildman–Crippen MR) is 69.3 cm³/mol. The van der Waals surface area contributed by atoms with Gasteiger partial charge in [-0.25, -0.2) is 0 Å². The highest BCUT2D eigenvalue weighted by atomic mass is 35.5. The summed E-state index contributed by atoms with van der Waals surface area (Å²) in [6.45, 7) is 5.02. The molecule has 0 saturated heterocycles. The first-order valence-corrected chi connectivity index (χ1v) is 6.30. The normalized spacial score (nSPS) is 10.4. The molecule has 1 rings (SSSR count). The molecule has 0 heterocycles. The number of rotatable bonds is 8. The number of nitrogens with one attached hydrogen (secondary N) is 1. The highest BCUT2D eigenvalue weighted by Crippen LogP contribution is 2.23. The maximum absolute atomic E-state index is 5.97. The maximum atomic E-state index is 5.97. The molecule has 0 amide bonds. The lowest BCUT2D eigenvalue weighted by Crippen LogP contribution is -2.14. The smallest absolute Gasteiger partial charge is 0.137 e. The second-order valence-corrected chi connectivity index (χ2v) is 4.10. The summed E-state index contributed by atoms with van der Waals surface area (Å²) in [7, 11) is 0. The molecule has 0 aromatic heterocycles. The fourth-order valence-corrected chi connectivity index (χ4v) is 1.64. The number of hydrogen-bond acceptors (Lipinski definition) is 2. The molecule has 0 saturated carbocycles. The number of hydrogen-bond donors (Lipinski definition) is 1. The summed E-state index contributed by atoms with van der Waals surface area (Å²) < 4.78 is 5.59. The number of halogens is 1. The van der Waals surface area contributed by atoms with Gasteiger partial charge in [-0.2, -0.15) is 0 Å². The molecule has 0 spiro atoms. The van der Waals surface area contributed by atoms with Crippen molar-refractivity contribution in [2.45, 2.75) is 26.2 Å². The maximum Gasteiger partial charge on any atom is 0.137 e. The molecular formula is C13H20ClNO. The lowest BCUT2D eigenvalue weighted by Gasteiger charge is -2.07. The van der Waals surface area contributed by atoms with Gasteiger partial charge in [0.1, 0.15) is 5.75 Å². The van der Waals surface area contributed by atoms with E-state index in [1.807, 2.05) is 24.3 Å². The molecule has 3 heteroatoms. The Morgan fingerprint density at radius 1 is 1.19 bits per heavy atom. The minimum Gasteiger partial charge on any atom is -0.492 e. The molecule has 0 aliphatic rings. The van der Waals surface area contributed by atoms with Crippen molar-refractivity contribution < 1.29 is 4.74 Å². The highest BCUT2D eigenvalue weighted by molar-refractivity contribution is 6.32. The summed E-state index contributed by atoms with van der Waals surface area (Å²) in [6.07, 6.45) is 3.48. The van der Waals surface area contributed by atoms with Crippen molar-refractivity contribution in [3.8, 4) is 5.75 Å². The predicted octanol–water partition coefficient (Wildman–Crippen LogP) is 3.50. The zero-order valence-electron chi connectivity index (χ0n) is 9.84. The van der Waals surface area contributed by atoms with Gasteiger partial charge in [0.25, 0.3) is 0 Å². The third-order valence-electron chi connectivity index (χ3n) is 2.34. The monoisotopic (exact) mass is 241 g/mol. The highest BCUT2D eigenvalue weighted by Gasteiger charge is 1.98. The molecule has 0 aliphatic carbocycles. The average Bonchev–Trinajstić information content (AvgIpc) is 2.30. The fraction of sp³-hybridized carbons (Fsp3) is 0.538. The van der Waals surface area contributed by atoms with E-state index in [0.717, 1.165) is 31.9 Å². The van der Waals surface area contributed by atoms with Gasteiger partial charge >= 0.3 is 0 Å². The van der Waals surface area contributed by atoms with Gasteiger partial charge in [-0.1, -0.05) is 30.7 Å². The quantitative estimate of drug-likeness (QED) is 0.704. The molecule has 0 unspecified atom stereocenters. The molecule has 1 N–H and O–H groups in total. The SMILES string of the molecule is CCNCCCCCOc1ccccc1Cl. The third-order valence-corrected chi connectivity index (χ3v) is 2.65. The van der Waals surface area contributed by atoms with E-state index in [0.29, 0.717) is 5.02 Å². The van der Waals surface area contributed by atoms with Crippen molar-refractivity contribution in [3.05, 3.63) is 29.3 Å². The van der Waals surface area contributed by atoms with E-state index >= 15 is 0 Å². The Balaban J connectivity index is 2.05. The van der Waals surface area contributed by atoms with Gasteiger partial charge in [-0.15, -0.1) is 0 Å². The number of benzene rings is 1. The molecule has 1 aromatic rings. The Labute approximate surface area is 103 Å². The van der Waals surface area contributed by atoms with Gasteiger partial charge in [0, 0.05) is 0 Å². The van der Waals surface area contributed by atoms with Crippen LogP contribution in [-0.2, 0) is 0 Å². The molecule has 0 fully saturated rings. The van der Waals surface area contributed by atoms with Gasteiger partial charge in [-0.05, 0) is 44.5 Å². The first kappa shape index (κ1) is 13.3. The molecule has 16 heavy (non-hydrogen) atoms. The van der Waals surface area contributed by atoms with Gasteiger partial charge in [0.2, 0.25) is 0 Å². The van der Waals surface area contributed by atoms with Gasteiger partial charge < -0.3 is 10.1 Å². The van der Waals surface area contributed by atoms with E-state index in [-0.39, 0.29) is 0 Å². The molecule has 2 nitrogen and oxygen atoms in total. The van der Waals surface area contributed by atoms with E-state index in [1.54, 1.807) is 0 Å². The second-order valence-electron chi connectivity index (χ2n) is 3.69. The van der Waals surface area contributed by atoms with Gasteiger partial charge in [-0.3, -0.25) is 0 Å². The Kier molecular flexibility index (Phi) is 7.02. The van der Waals surface area contributed by atoms with E-state index in [2.05, 4.69) is 12.2 Å². The minimum absolute atomic E-state index is 0.690. The largest absolute Gasteiger partial charge is 0.492 e. The molecule has 1 aromatic carbocycles. The van der Waals surface area contributed by atoms with Crippen LogP contribution in [0.25, 0.3) is 0 Å². The van der Waals surface area contributed by atoms with Crippen LogP contribution in [0.1, 0.15) is 26.2 Å². The van der Waals surface area contributed by atoms with Crippen molar-refractivity contribution in [3.63, 3.8) is 0 Å². The lowest BCUT2D eigenvalue weighted by molar-refractivity contribution is 0.305. The van der Waals surface area contributed by atoms with Crippen LogP contribution in [0, 0.1) is 0 Å². The Morgan fingerprint density at radius 2 is 2.00 bits per heavy atom. The van der Waals surface area contributed by atoms with Crippen molar-refractivity contribution in [1.82, 2.24) is 5.32 Å². The van der Waals surface area contributed by atoms with Crippen LogP contribution < -0.4 is 10.1 Å². The Bertz CT molecular complexity index is 291. The van der Waals surface area contributed by atoms with Crippen LogP contribution in [0.4, 0.5) is 0 Å². The standard InChI is InChI=1S/C13H20ClNO/c1-2-15-10-6-3-7-11-16-13-9-5-4-8-12(13)14/h4-5,8-9,15H,2-3,6-7,10-11H2,1H3. The zero-order chi connectivity index (χ0) is 11.6. The van der Waals surface area contributed by atoms with Crippen LogP contribution in [-0.4, -0.2) is 19.7 Å². The summed E-state index contributed by atoms with van der Waals surface area (Å²) in [5.74, 6) is 0.788. The van der Waals surface area contributed by atoms with E-state index in [4.69, 9.17) is 16.3 Å². The van der Waals surface area contributed by atoms with Crippen molar-refractivity contribution in [1.29, 1.82) is 0 Å².